The van der Waals surface area contributed by atoms with Gasteiger partial charge < -0.3 is 19.7 Å². The highest BCUT2D eigenvalue weighted by atomic mass is 16.5. The maximum absolute atomic E-state index is 13.0. The molecule has 2 atom stereocenters. The minimum atomic E-state index is -0.732. The summed E-state index contributed by atoms with van der Waals surface area (Å²) in [6, 6.07) is 25.2. The van der Waals surface area contributed by atoms with Crippen molar-refractivity contribution in [2.45, 2.75) is 25.1 Å². The van der Waals surface area contributed by atoms with Crippen molar-refractivity contribution >= 4 is 24.0 Å². The number of nitrogens with zero attached hydrogens (tertiary/aromatic N) is 1. The SMILES string of the molecule is COC(=O)c1ccccc1CCN1C(=O)C(NC(=O)OCc2ccccc2)C1C=Cc1ccccc1. The van der Waals surface area contributed by atoms with E-state index in [0.29, 0.717) is 18.5 Å². The molecule has 2 unspecified atom stereocenters. The number of benzene rings is 3. The maximum Gasteiger partial charge on any atom is 0.408 e. The van der Waals surface area contributed by atoms with Crippen LogP contribution < -0.4 is 5.32 Å². The minimum absolute atomic E-state index is 0.117. The molecule has 184 valence electrons. The number of carbonyl (C=O) groups excluding carboxylic acids is 3. The lowest BCUT2D eigenvalue weighted by Gasteiger charge is -2.45. The van der Waals surface area contributed by atoms with Gasteiger partial charge in [-0.2, -0.15) is 0 Å². The standard InChI is InChI=1S/C29H28N2O5/c1-35-28(33)24-15-9-8-14-23(24)18-19-31-25(17-16-21-10-4-2-5-11-21)26(27(31)32)30-29(34)36-20-22-12-6-3-7-13-22/h2-17,25-26H,18-20H2,1H3,(H,30,34). The van der Waals surface area contributed by atoms with Gasteiger partial charge >= 0.3 is 12.1 Å². The molecule has 1 fully saturated rings. The molecule has 1 aliphatic heterocycles. The van der Waals surface area contributed by atoms with E-state index in [9.17, 15) is 14.4 Å². The van der Waals surface area contributed by atoms with E-state index in [2.05, 4.69) is 5.32 Å². The molecule has 0 spiro atoms. The third-order valence-corrected chi connectivity index (χ3v) is 6.07. The number of nitrogens with one attached hydrogen (secondary N) is 1. The number of esters is 1. The van der Waals surface area contributed by atoms with Crippen LogP contribution in [0.15, 0.2) is 91.0 Å². The number of methoxy groups -OCH3 is 1. The summed E-state index contributed by atoms with van der Waals surface area (Å²) in [5.41, 5.74) is 3.11. The van der Waals surface area contributed by atoms with Gasteiger partial charge in [-0.05, 0) is 29.2 Å². The van der Waals surface area contributed by atoms with Crippen LogP contribution in [0.25, 0.3) is 6.08 Å². The number of β-lactam (4-membered cyclic amide) rings is 1. The lowest BCUT2D eigenvalue weighted by atomic mass is 9.92. The minimum Gasteiger partial charge on any atom is -0.465 e. The first-order chi connectivity index (χ1) is 17.6. The number of likely N-dealkylation sites (tertiary alicyclic amines) is 1. The van der Waals surface area contributed by atoms with E-state index in [-0.39, 0.29) is 18.6 Å². The predicted octanol–water partition coefficient (Wildman–Crippen LogP) is 4.23. The van der Waals surface area contributed by atoms with Gasteiger partial charge in [-0.3, -0.25) is 4.79 Å². The van der Waals surface area contributed by atoms with Crippen molar-refractivity contribution in [3.05, 3.63) is 113 Å². The fourth-order valence-electron chi connectivity index (χ4n) is 4.14. The zero-order chi connectivity index (χ0) is 25.3. The summed E-state index contributed by atoms with van der Waals surface area (Å²) < 4.78 is 10.2. The topological polar surface area (TPSA) is 84.9 Å². The van der Waals surface area contributed by atoms with Crippen molar-refractivity contribution < 1.29 is 23.9 Å². The Morgan fingerprint density at radius 1 is 0.944 bits per heavy atom. The smallest absolute Gasteiger partial charge is 0.408 e. The van der Waals surface area contributed by atoms with E-state index < -0.39 is 18.1 Å². The van der Waals surface area contributed by atoms with Gasteiger partial charge in [0, 0.05) is 6.54 Å². The van der Waals surface area contributed by atoms with Crippen molar-refractivity contribution in [2.75, 3.05) is 13.7 Å². The van der Waals surface area contributed by atoms with Crippen LogP contribution in [-0.4, -0.2) is 48.6 Å². The summed E-state index contributed by atoms with van der Waals surface area (Å²) in [5.74, 6) is -0.619. The monoisotopic (exact) mass is 484 g/mol. The van der Waals surface area contributed by atoms with Gasteiger partial charge in [-0.15, -0.1) is 0 Å². The second kappa shape index (κ2) is 11.8. The molecule has 1 N–H and O–H groups in total. The Balaban J connectivity index is 1.44. The summed E-state index contributed by atoms with van der Waals surface area (Å²) >= 11 is 0. The summed E-state index contributed by atoms with van der Waals surface area (Å²) in [5, 5.41) is 2.71. The highest BCUT2D eigenvalue weighted by Crippen LogP contribution is 2.24. The first kappa shape index (κ1) is 24.7. The summed E-state index contributed by atoms with van der Waals surface area (Å²) in [6.45, 7) is 0.500. The highest BCUT2D eigenvalue weighted by molar-refractivity contribution is 5.93. The maximum atomic E-state index is 13.0. The molecule has 0 bridgehead atoms. The van der Waals surface area contributed by atoms with Crippen LogP contribution in [0.2, 0.25) is 0 Å². The summed E-state index contributed by atoms with van der Waals surface area (Å²) in [7, 11) is 1.34. The van der Waals surface area contributed by atoms with E-state index in [1.807, 2.05) is 84.9 Å². The normalized spacial score (nSPS) is 16.9. The molecule has 7 heteroatoms. The van der Waals surface area contributed by atoms with E-state index in [1.54, 1.807) is 17.0 Å². The van der Waals surface area contributed by atoms with Crippen molar-refractivity contribution in [1.29, 1.82) is 0 Å². The molecule has 36 heavy (non-hydrogen) atoms. The lowest BCUT2D eigenvalue weighted by Crippen LogP contribution is -2.70. The number of hydrogen-bond acceptors (Lipinski definition) is 5. The molecule has 1 heterocycles. The van der Waals surface area contributed by atoms with Crippen LogP contribution >= 0.6 is 0 Å². The van der Waals surface area contributed by atoms with Crippen molar-refractivity contribution in [1.82, 2.24) is 10.2 Å². The van der Waals surface area contributed by atoms with Gasteiger partial charge in [0.1, 0.15) is 12.6 Å². The Bertz CT molecular complexity index is 1230. The van der Waals surface area contributed by atoms with Crippen molar-refractivity contribution in [2.24, 2.45) is 0 Å². The number of ether oxygens (including phenoxy) is 2. The van der Waals surface area contributed by atoms with Crippen LogP contribution in [0.5, 0.6) is 0 Å². The van der Waals surface area contributed by atoms with Gasteiger partial charge in [0.15, 0.2) is 0 Å². The second-order valence-electron chi connectivity index (χ2n) is 8.37. The van der Waals surface area contributed by atoms with E-state index >= 15 is 0 Å². The van der Waals surface area contributed by atoms with Gasteiger partial charge in [0.05, 0.1) is 18.7 Å². The van der Waals surface area contributed by atoms with Gasteiger partial charge in [-0.25, -0.2) is 9.59 Å². The van der Waals surface area contributed by atoms with E-state index in [1.165, 1.54) is 7.11 Å². The molecule has 7 nitrogen and oxygen atoms in total. The van der Waals surface area contributed by atoms with Crippen molar-refractivity contribution in [3.8, 4) is 0 Å². The Hall–Kier alpha value is -4.39. The average Bonchev–Trinajstić information content (AvgIpc) is 2.93. The molecule has 0 saturated carbocycles. The Kier molecular flexibility index (Phi) is 8.13. The molecular weight excluding hydrogens is 456 g/mol. The lowest BCUT2D eigenvalue weighted by molar-refractivity contribution is -0.147. The molecule has 0 aromatic heterocycles. The molecule has 1 aliphatic rings. The Morgan fingerprint density at radius 3 is 2.33 bits per heavy atom. The van der Waals surface area contributed by atoms with Gasteiger partial charge in [-0.1, -0.05) is 91.0 Å². The Morgan fingerprint density at radius 2 is 1.61 bits per heavy atom. The molecule has 0 aliphatic carbocycles. The molecule has 3 aromatic rings. The molecule has 0 radical (unpaired) electrons. The number of hydrogen-bond donors (Lipinski definition) is 1. The molecule has 1 saturated heterocycles. The van der Waals surface area contributed by atoms with Crippen LogP contribution in [-0.2, 0) is 27.3 Å². The first-order valence-electron chi connectivity index (χ1n) is 11.7. The van der Waals surface area contributed by atoms with Gasteiger partial charge in [0.2, 0.25) is 5.91 Å². The summed E-state index contributed by atoms with van der Waals surface area (Å²) in [6.07, 6.45) is 3.66. The molecule has 2 amide bonds. The highest BCUT2D eigenvalue weighted by Gasteiger charge is 2.46. The molecule has 3 aromatic carbocycles. The number of rotatable bonds is 9. The number of carbonyl (C=O) groups is 3. The fraction of sp³-hybridized carbons (Fsp3) is 0.207. The number of alkyl carbamates (subject to hydrolysis) is 1. The van der Waals surface area contributed by atoms with E-state index in [0.717, 1.165) is 16.7 Å². The summed E-state index contributed by atoms with van der Waals surface area (Å²) in [4.78, 5) is 39.3. The van der Waals surface area contributed by atoms with Crippen LogP contribution in [0.1, 0.15) is 27.0 Å². The third kappa shape index (κ3) is 5.99. The first-order valence-corrected chi connectivity index (χ1v) is 11.7. The van der Waals surface area contributed by atoms with E-state index in [4.69, 9.17) is 9.47 Å². The zero-order valence-corrected chi connectivity index (χ0v) is 20.0. The van der Waals surface area contributed by atoms with Gasteiger partial charge in [0.25, 0.3) is 0 Å². The second-order valence-corrected chi connectivity index (χ2v) is 8.37. The van der Waals surface area contributed by atoms with Crippen LogP contribution in [0.4, 0.5) is 4.79 Å². The van der Waals surface area contributed by atoms with Crippen LogP contribution in [0.3, 0.4) is 0 Å². The average molecular weight is 485 g/mol. The molecular formula is C29H28N2O5. The van der Waals surface area contributed by atoms with Crippen LogP contribution in [0, 0.1) is 0 Å². The third-order valence-electron chi connectivity index (χ3n) is 6.07. The number of amides is 2. The fourth-order valence-corrected chi connectivity index (χ4v) is 4.14. The quantitative estimate of drug-likeness (QED) is 0.363. The Labute approximate surface area is 210 Å². The largest absolute Gasteiger partial charge is 0.465 e. The molecule has 4 rings (SSSR count). The van der Waals surface area contributed by atoms with Crippen molar-refractivity contribution in [3.63, 3.8) is 0 Å². The zero-order valence-electron chi connectivity index (χ0n) is 20.0. The predicted molar refractivity (Wildman–Crippen MR) is 136 cm³/mol.